The van der Waals surface area contributed by atoms with Crippen LogP contribution in [0.15, 0.2) is 48.7 Å². The maximum atomic E-state index is 12.3. The first kappa shape index (κ1) is 19.7. The van der Waals surface area contributed by atoms with Gasteiger partial charge in [-0.2, -0.15) is 0 Å². The summed E-state index contributed by atoms with van der Waals surface area (Å²) in [5, 5.41) is 13.1. The molecular weight excluding hydrogens is 382 g/mol. The van der Waals surface area contributed by atoms with Gasteiger partial charge >= 0.3 is 6.03 Å². The van der Waals surface area contributed by atoms with E-state index < -0.39 is 0 Å². The summed E-state index contributed by atoms with van der Waals surface area (Å²) in [7, 11) is 0. The third-order valence-corrected chi connectivity index (χ3v) is 4.97. The van der Waals surface area contributed by atoms with Crippen LogP contribution in [0.5, 0.6) is 0 Å². The zero-order valence-corrected chi connectivity index (χ0v) is 16.8. The lowest BCUT2D eigenvalue weighted by atomic mass is 10.1. The van der Waals surface area contributed by atoms with Gasteiger partial charge in [0, 0.05) is 25.7 Å². The Morgan fingerprint density at radius 3 is 2.80 bits per heavy atom. The molecule has 1 fully saturated rings. The van der Waals surface area contributed by atoms with Crippen LogP contribution < -0.4 is 20.9 Å². The second kappa shape index (κ2) is 8.81. The predicted octanol–water partition coefficient (Wildman–Crippen LogP) is 1.81. The molecule has 30 heavy (non-hydrogen) atoms. The zero-order chi connectivity index (χ0) is 20.9. The number of carbonyl (C=O) groups excluding carboxylic acids is 2. The largest absolute Gasteiger partial charge is 0.353 e. The van der Waals surface area contributed by atoms with Crippen molar-refractivity contribution in [2.45, 2.75) is 25.8 Å². The summed E-state index contributed by atoms with van der Waals surface area (Å²) in [5.74, 6) is 1.29. The molecule has 0 spiro atoms. The average molecular weight is 407 g/mol. The summed E-state index contributed by atoms with van der Waals surface area (Å²) in [6.07, 6.45) is 2.94. The van der Waals surface area contributed by atoms with E-state index in [2.05, 4.69) is 30.9 Å². The number of imidazole rings is 1. The number of anilines is 2. The molecule has 2 aromatic heterocycles. The molecule has 3 amide bonds. The van der Waals surface area contributed by atoms with Gasteiger partial charge in [0.05, 0.1) is 12.6 Å². The summed E-state index contributed by atoms with van der Waals surface area (Å²) in [6, 6.07) is 13.3. The van der Waals surface area contributed by atoms with E-state index in [1.807, 2.05) is 49.4 Å². The Kier molecular flexibility index (Phi) is 5.78. The van der Waals surface area contributed by atoms with E-state index in [1.54, 1.807) is 10.7 Å². The van der Waals surface area contributed by atoms with Crippen molar-refractivity contribution in [2.24, 2.45) is 0 Å². The van der Waals surface area contributed by atoms with Crippen molar-refractivity contribution in [3.05, 3.63) is 54.2 Å². The van der Waals surface area contributed by atoms with Crippen molar-refractivity contribution < 1.29 is 9.59 Å². The Bertz CT molecular complexity index is 1030. The second-order valence-electron chi connectivity index (χ2n) is 7.27. The maximum Gasteiger partial charge on any atom is 0.320 e. The quantitative estimate of drug-likeness (QED) is 0.578. The normalized spacial score (nSPS) is 15.9. The fraction of sp³-hybridized carbons (Fsp3) is 0.333. The third-order valence-electron chi connectivity index (χ3n) is 4.97. The van der Waals surface area contributed by atoms with Gasteiger partial charge in [-0.1, -0.05) is 30.3 Å². The number of nitrogens with zero attached hydrogens (tertiary/aromatic N) is 4. The Morgan fingerprint density at radius 2 is 2.00 bits per heavy atom. The molecule has 1 atom stereocenters. The topological polar surface area (TPSA) is 104 Å². The van der Waals surface area contributed by atoms with E-state index in [0.717, 1.165) is 24.3 Å². The van der Waals surface area contributed by atoms with Crippen molar-refractivity contribution in [3.63, 3.8) is 0 Å². The molecule has 9 heteroatoms. The number of hydrogen-bond donors (Lipinski definition) is 3. The van der Waals surface area contributed by atoms with Crippen molar-refractivity contribution in [1.82, 2.24) is 25.2 Å². The van der Waals surface area contributed by atoms with Gasteiger partial charge in [-0.15, -0.1) is 5.10 Å². The molecule has 0 radical (unpaired) electrons. The molecule has 1 aromatic carbocycles. The van der Waals surface area contributed by atoms with Crippen molar-refractivity contribution in [3.8, 4) is 0 Å². The zero-order valence-electron chi connectivity index (χ0n) is 16.8. The smallest absolute Gasteiger partial charge is 0.320 e. The highest BCUT2D eigenvalue weighted by Crippen LogP contribution is 2.19. The first-order valence-corrected chi connectivity index (χ1v) is 10.1. The van der Waals surface area contributed by atoms with Gasteiger partial charge in [0.15, 0.2) is 11.5 Å². The number of aromatic nitrogens is 3. The number of fused-ring (bicyclic) bond motifs is 1. The van der Waals surface area contributed by atoms with Crippen LogP contribution in [0.25, 0.3) is 5.65 Å². The number of benzene rings is 1. The van der Waals surface area contributed by atoms with Gasteiger partial charge in [-0.25, -0.2) is 14.3 Å². The minimum Gasteiger partial charge on any atom is -0.353 e. The molecule has 1 aliphatic rings. The number of urea groups is 1. The average Bonchev–Trinajstić information content (AvgIpc) is 3.34. The monoisotopic (exact) mass is 407 g/mol. The van der Waals surface area contributed by atoms with Gasteiger partial charge in [0.2, 0.25) is 5.91 Å². The fourth-order valence-corrected chi connectivity index (χ4v) is 3.57. The molecule has 4 rings (SSSR count). The molecule has 156 valence electrons. The number of amides is 3. The van der Waals surface area contributed by atoms with Gasteiger partial charge < -0.3 is 15.5 Å². The Hall–Kier alpha value is -3.62. The second-order valence-corrected chi connectivity index (χ2v) is 7.27. The van der Waals surface area contributed by atoms with E-state index in [0.29, 0.717) is 31.0 Å². The Balaban J connectivity index is 1.36. The number of hydrogen-bond acceptors (Lipinski definition) is 5. The van der Waals surface area contributed by atoms with Crippen LogP contribution in [0, 0.1) is 0 Å². The van der Waals surface area contributed by atoms with E-state index in [4.69, 9.17) is 0 Å². The number of carbonyl (C=O) groups is 2. The SMILES string of the molecule is CCNC(=O)Nc1cn2nc(N3CCC(NC(=O)Cc4ccccc4)C3)ccc2n1. The molecule has 3 N–H and O–H groups in total. The molecular formula is C21H25N7O2. The molecule has 3 heterocycles. The summed E-state index contributed by atoms with van der Waals surface area (Å²) in [4.78, 5) is 30.5. The van der Waals surface area contributed by atoms with Crippen LogP contribution >= 0.6 is 0 Å². The molecule has 3 aromatic rings. The first-order chi connectivity index (χ1) is 14.6. The highest BCUT2D eigenvalue weighted by atomic mass is 16.2. The van der Waals surface area contributed by atoms with Gasteiger partial charge in [0.25, 0.3) is 0 Å². The van der Waals surface area contributed by atoms with Crippen molar-refractivity contribution >= 4 is 29.2 Å². The minimum absolute atomic E-state index is 0.0344. The summed E-state index contributed by atoms with van der Waals surface area (Å²) >= 11 is 0. The van der Waals surface area contributed by atoms with Crippen molar-refractivity contribution in [1.29, 1.82) is 0 Å². The van der Waals surface area contributed by atoms with E-state index in [-0.39, 0.29) is 18.0 Å². The van der Waals surface area contributed by atoms with E-state index in [1.165, 1.54) is 0 Å². The Morgan fingerprint density at radius 1 is 1.17 bits per heavy atom. The van der Waals surface area contributed by atoms with Crippen LogP contribution in [-0.2, 0) is 11.2 Å². The maximum absolute atomic E-state index is 12.3. The molecule has 1 aliphatic heterocycles. The summed E-state index contributed by atoms with van der Waals surface area (Å²) in [5.41, 5.74) is 1.66. The molecule has 0 aliphatic carbocycles. The lowest BCUT2D eigenvalue weighted by molar-refractivity contribution is -0.121. The fourth-order valence-electron chi connectivity index (χ4n) is 3.57. The molecule has 9 nitrogen and oxygen atoms in total. The highest BCUT2D eigenvalue weighted by molar-refractivity contribution is 5.88. The molecule has 0 saturated carbocycles. The van der Waals surface area contributed by atoms with Crippen LogP contribution in [0.2, 0.25) is 0 Å². The van der Waals surface area contributed by atoms with Crippen LogP contribution in [0.4, 0.5) is 16.4 Å². The van der Waals surface area contributed by atoms with E-state index >= 15 is 0 Å². The number of rotatable bonds is 6. The Labute approximate surface area is 174 Å². The first-order valence-electron chi connectivity index (χ1n) is 10.1. The van der Waals surface area contributed by atoms with Gasteiger partial charge in [-0.3, -0.25) is 10.1 Å². The van der Waals surface area contributed by atoms with E-state index in [9.17, 15) is 9.59 Å². The highest BCUT2D eigenvalue weighted by Gasteiger charge is 2.25. The van der Waals surface area contributed by atoms with Crippen LogP contribution in [0.3, 0.4) is 0 Å². The summed E-state index contributed by atoms with van der Waals surface area (Å²) in [6.45, 7) is 3.91. The lowest BCUT2D eigenvalue weighted by Gasteiger charge is -2.18. The predicted molar refractivity (Wildman–Crippen MR) is 115 cm³/mol. The van der Waals surface area contributed by atoms with Crippen molar-refractivity contribution in [2.75, 3.05) is 29.9 Å². The van der Waals surface area contributed by atoms with Gasteiger partial charge in [-0.05, 0) is 31.0 Å². The van der Waals surface area contributed by atoms with Crippen LogP contribution in [-0.4, -0.2) is 52.2 Å². The minimum atomic E-state index is -0.297. The van der Waals surface area contributed by atoms with Crippen LogP contribution in [0.1, 0.15) is 18.9 Å². The molecule has 1 unspecified atom stereocenters. The third kappa shape index (κ3) is 4.68. The summed E-state index contributed by atoms with van der Waals surface area (Å²) < 4.78 is 1.65. The lowest BCUT2D eigenvalue weighted by Crippen LogP contribution is -2.38. The van der Waals surface area contributed by atoms with Gasteiger partial charge in [0.1, 0.15) is 5.82 Å². The molecule has 1 saturated heterocycles. The number of nitrogens with one attached hydrogen (secondary N) is 3. The molecule has 0 bridgehead atoms. The standard InChI is InChI=1S/C21H25N7O2/c1-2-22-21(30)25-17-14-28-18(24-17)8-9-19(26-28)27-11-10-16(13-27)23-20(29)12-15-6-4-3-5-7-15/h3-9,14,16H,2,10-13H2,1H3,(H,23,29)(H2,22,25,30).